The van der Waals surface area contributed by atoms with Crippen molar-refractivity contribution in [2.45, 2.75) is 44.8 Å². The molecule has 0 radical (unpaired) electrons. The lowest BCUT2D eigenvalue weighted by molar-refractivity contribution is -0.131. The molecular formula is C9H23F3O4Si3. The third-order valence-electron chi connectivity index (χ3n) is 2.49. The molecule has 0 saturated heterocycles. The van der Waals surface area contributed by atoms with E-state index in [9.17, 15) is 13.2 Å². The summed E-state index contributed by atoms with van der Waals surface area (Å²) in [5.74, 6) is 0. The molecule has 0 aliphatic heterocycles. The maximum atomic E-state index is 12.4. The smallest absolute Gasteiger partial charge is 0.439 e. The minimum absolute atomic E-state index is 0.142. The fraction of sp³-hybridized carbons (Fsp3) is 1.00. The van der Waals surface area contributed by atoms with Crippen molar-refractivity contribution in [3.05, 3.63) is 0 Å². The van der Waals surface area contributed by atoms with Crippen LogP contribution in [0.25, 0.3) is 0 Å². The molecule has 0 aromatic carbocycles. The van der Waals surface area contributed by atoms with Crippen LogP contribution < -0.4 is 0 Å². The first-order valence-corrected chi connectivity index (χ1v) is 13.5. The Morgan fingerprint density at radius 3 is 1.84 bits per heavy atom. The first kappa shape index (κ1) is 19.3. The zero-order valence-corrected chi connectivity index (χ0v) is 15.4. The fourth-order valence-electron chi connectivity index (χ4n) is 1.56. The van der Waals surface area contributed by atoms with Gasteiger partial charge in [-0.3, -0.25) is 0 Å². The summed E-state index contributed by atoms with van der Waals surface area (Å²) in [5, 5.41) is 0. The number of rotatable bonds is 8. The number of halogens is 3. The molecule has 19 heavy (non-hydrogen) atoms. The van der Waals surface area contributed by atoms with Crippen molar-refractivity contribution in [1.82, 2.24) is 0 Å². The van der Waals surface area contributed by atoms with Crippen LogP contribution in [0.15, 0.2) is 0 Å². The van der Waals surface area contributed by atoms with E-state index < -0.39 is 39.0 Å². The third kappa shape index (κ3) is 8.22. The van der Waals surface area contributed by atoms with Gasteiger partial charge in [-0.2, -0.15) is 13.2 Å². The number of hydrogen-bond acceptors (Lipinski definition) is 4. The van der Waals surface area contributed by atoms with Gasteiger partial charge < -0.3 is 17.1 Å². The first-order valence-electron chi connectivity index (χ1n) is 6.00. The number of alkyl halides is 3. The van der Waals surface area contributed by atoms with Crippen LogP contribution in [0.5, 0.6) is 0 Å². The van der Waals surface area contributed by atoms with Crippen molar-refractivity contribution < 1.29 is 30.3 Å². The van der Waals surface area contributed by atoms with Gasteiger partial charge in [0.15, 0.2) is 9.04 Å². The van der Waals surface area contributed by atoms with E-state index in [2.05, 4.69) is 0 Å². The predicted molar refractivity (Wildman–Crippen MR) is 73.8 cm³/mol. The summed E-state index contributed by atoms with van der Waals surface area (Å²) in [4.78, 5) is 0. The molecule has 0 bridgehead atoms. The Morgan fingerprint density at radius 2 is 1.53 bits per heavy atom. The third-order valence-corrected chi connectivity index (χ3v) is 12.2. The second-order valence-corrected chi connectivity index (χ2v) is 14.0. The lowest BCUT2D eigenvalue weighted by Crippen LogP contribution is -2.54. The summed E-state index contributed by atoms with van der Waals surface area (Å²) in [6.45, 7) is 7.10. The van der Waals surface area contributed by atoms with Crippen molar-refractivity contribution in [2.75, 3.05) is 14.2 Å². The minimum Gasteiger partial charge on any atom is -0.439 e. The van der Waals surface area contributed by atoms with Crippen LogP contribution in [0.4, 0.5) is 13.2 Å². The van der Waals surface area contributed by atoms with Gasteiger partial charge in [-0.05, 0) is 25.7 Å². The molecule has 10 heteroatoms. The summed E-state index contributed by atoms with van der Waals surface area (Å²) in [6, 6.07) is -0.142. The molecule has 0 fully saturated rings. The Morgan fingerprint density at radius 1 is 1.05 bits per heavy atom. The normalized spacial score (nSPS) is 16.7. The molecule has 0 saturated carbocycles. The summed E-state index contributed by atoms with van der Waals surface area (Å²) in [6.07, 6.45) is -5.12. The van der Waals surface area contributed by atoms with Gasteiger partial charge in [-0.15, -0.1) is 0 Å². The molecule has 0 N–H and O–H groups in total. The molecule has 0 aliphatic rings. The van der Waals surface area contributed by atoms with Crippen LogP contribution >= 0.6 is 0 Å². The molecule has 0 aromatic heterocycles. The summed E-state index contributed by atoms with van der Waals surface area (Å²) < 4.78 is 59.1. The average Bonchev–Trinajstić information content (AvgIpc) is 2.24. The van der Waals surface area contributed by atoms with E-state index in [0.717, 1.165) is 0 Å². The fourth-order valence-corrected chi connectivity index (χ4v) is 11.8. The second-order valence-electron chi connectivity index (χ2n) is 4.79. The van der Waals surface area contributed by atoms with Gasteiger partial charge >= 0.3 is 23.5 Å². The van der Waals surface area contributed by atoms with Crippen LogP contribution in [-0.2, 0) is 17.1 Å². The van der Waals surface area contributed by atoms with Gasteiger partial charge in [0, 0.05) is 27.2 Å². The Bertz CT molecular complexity index is 274. The molecule has 1 atom stereocenters. The van der Waals surface area contributed by atoms with Crippen molar-refractivity contribution in [2.24, 2.45) is 0 Å². The highest BCUT2D eigenvalue weighted by atomic mass is 28.5. The van der Waals surface area contributed by atoms with E-state index in [-0.39, 0.29) is 6.04 Å². The molecule has 0 spiro atoms. The number of hydrogen-bond donors (Lipinski definition) is 0. The van der Waals surface area contributed by atoms with Gasteiger partial charge in [-0.25, -0.2) is 0 Å². The van der Waals surface area contributed by atoms with E-state index in [1.54, 1.807) is 13.1 Å². The largest absolute Gasteiger partial charge is 0.488 e. The van der Waals surface area contributed by atoms with E-state index >= 15 is 0 Å². The maximum Gasteiger partial charge on any atom is 0.488 e. The SMILES string of the molecule is CO[Si](C)(OC)O[Si](C)(CCC(F)(F)F)O[SiH](C)C. The minimum atomic E-state index is -4.21. The highest BCUT2D eigenvalue weighted by Crippen LogP contribution is 2.29. The zero-order chi connectivity index (χ0) is 15.3. The van der Waals surface area contributed by atoms with Crippen LogP contribution in [0, 0.1) is 0 Å². The van der Waals surface area contributed by atoms with Gasteiger partial charge in [-0.1, -0.05) is 0 Å². The summed E-state index contributed by atoms with van der Waals surface area (Å²) >= 11 is 0. The van der Waals surface area contributed by atoms with Crippen molar-refractivity contribution in [1.29, 1.82) is 0 Å². The molecule has 0 rings (SSSR count). The van der Waals surface area contributed by atoms with E-state index in [1.165, 1.54) is 14.2 Å². The van der Waals surface area contributed by atoms with E-state index in [1.807, 2.05) is 13.1 Å². The topological polar surface area (TPSA) is 36.9 Å². The monoisotopic (exact) mass is 336 g/mol. The molecule has 0 aromatic rings. The average molecular weight is 337 g/mol. The maximum absolute atomic E-state index is 12.4. The standard InChI is InChI=1S/C9H23F3O4Si3/c1-13-19(6,14-2)16-18(5,15-17(3)4)8-7-9(10,11)12/h17H,7-8H2,1-6H3. The van der Waals surface area contributed by atoms with Gasteiger partial charge in [0.1, 0.15) is 0 Å². The Hall–Kier alpha value is 0.281. The molecule has 0 aliphatic carbocycles. The predicted octanol–water partition coefficient (Wildman–Crippen LogP) is 2.89. The highest BCUT2D eigenvalue weighted by molar-refractivity contribution is 6.81. The van der Waals surface area contributed by atoms with Crippen molar-refractivity contribution in [3.8, 4) is 0 Å². The van der Waals surface area contributed by atoms with Crippen LogP contribution in [0.1, 0.15) is 6.42 Å². The van der Waals surface area contributed by atoms with Crippen molar-refractivity contribution >= 4 is 26.4 Å². The molecule has 0 amide bonds. The lowest BCUT2D eigenvalue weighted by atomic mass is 10.5. The van der Waals surface area contributed by atoms with Gasteiger partial charge in [0.25, 0.3) is 0 Å². The van der Waals surface area contributed by atoms with Crippen molar-refractivity contribution in [3.63, 3.8) is 0 Å². The van der Waals surface area contributed by atoms with Crippen LogP contribution in [-0.4, -0.2) is 46.8 Å². The second kappa shape index (κ2) is 7.34. The summed E-state index contributed by atoms with van der Waals surface area (Å²) in [5.41, 5.74) is 0. The van der Waals surface area contributed by atoms with Gasteiger partial charge in [0.05, 0.1) is 0 Å². The quantitative estimate of drug-likeness (QED) is 0.639. The van der Waals surface area contributed by atoms with Crippen LogP contribution in [0.2, 0.25) is 32.2 Å². The Balaban J connectivity index is 4.86. The zero-order valence-electron chi connectivity index (χ0n) is 12.3. The lowest BCUT2D eigenvalue weighted by Gasteiger charge is -2.36. The Kier molecular flexibility index (Phi) is 7.44. The molecule has 116 valence electrons. The highest BCUT2D eigenvalue weighted by Gasteiger charge is 2.46. The van der Waals surface area contributed by atoms with E-state index in [4.69, 9.17) is 17.1 Å². The molecule has 0 heterocycles. The molecular weight excluding hydrogens is 313 g/mol. The first-order chi connectivity index (χ1) is 8.45. The summed E-state index contributed by atoms with van der Waals surface area (Å²) in [7, 11) is -4.50. The Labute approximate surface area is 116 Å². The molecule has 1 unspecified atom stereocenters. The van der Waals surface area contributed by atoms with E-state index in [0.29, 0.717) is 0 Å². The van der Waals surface area contributed by atoms with Gasteiger partial charge in [0.2, 0.25) is 0 Å². The van der Waals surface area contributed by atoms with Crippen LogP contribution in [0.3, 0.4) is 0 Å². The molecule has 4 nitrogen and oxygen atoms in total.